The van der Waals surface area contributed by atoms with Crippen LogP contribution in [0.2, 0.25) is 10.0 Å². The van der Waals surface area contributed by atoms with Crippen molar-refractivity contribution >= 4 is 23.2 Å². The van der Waals surface area contributed by atoms with Crippen molar-refractivity contribution < 1.29 is 0 Å². The number of halogens is 2. The van der Waals surface area contributed by atoms with Gasteiger partial charge in [-0.1, -0.05) is 29.3 Å². The highest BCUT2D eigenvalue weighted by atomic mass is 35.5. The third-order valence-electron chi connectivity index (χ3n) is 3.54. The highest BCUT2D eigenvalue weighted by Crippen LogP contribution is 2.22. The van der Waals surface area contributed by atoms with Gasteiger partial charge in [0, 0.05) is 34.7 Å². The number of hydrogen-bond donors (Lipinski definition) is 1. The molecule has 1 aromatic carbocycles. The lowest BCUT2D eigenvalue weighted by atomic mass is 10.0. The number of nitrogens with zero attached hydrogens (tertiary/aromatic N) is 2. The fourth-order valence-electron chi connectivity index (χ4n) is 2.26. The van der Waals surface area contributed by atoms with Crippen LogP contribution in [0.4, 0.5) is 0 Å². The van der Waals surface area contributed by atoms with E-state index < -0.39 is 0 Å². The summed E-state index contributed by atoms with van der Waals surface area (Å²) in [6.07, 6.45) is 3.75. The van der Waals surface area contributed by atoms with Crippen LogP contribution in [-0.2, 0) is 12.8 Å². The van der Waals surface area contributed by atoms with Crippen molar-refractivity contribution in [3.05, 3.63) is 51.8 Å². The average molecular weight is 326 g/mol. The summed E-state index contributed by atoms with van der Waals surface area (Å²) in [7, 11) is 1.97. The molecule has 0 saturated heterocycles. The smallest absolute Gasteiger partial charge is 0.0640 e. The Morgan fingerprint density at radius 1 is 1.19 bits per heavy atom. The lowest BCUT2D eigenvalue weighted by molar-refractivity contribution is 0.508. The van der Waals surface area contributed by atoms with Crippen molar-refractivity contribution in [1.82, 2.24) is 15.1 Å². The van der Waals surface area contributed by atoms with Crippen LogP contribution in [0.5, 0.6) is 0 Å². The Morgan fingerprint density at radius 2 is 1.95 bits per heavy atom. The molecule has 5 heteroatoms. The molecule has 0 aliphatic carbocycles. The van der Waals surface area contributed by atoms with Crippen molar-refractivity contribution in [3.8, 4) is 0 Å². The predicted molar refractivity (Wildman–Crippen MR) is 89.3 cm³/mol. The van der Waals surface area contributed by atoms with Crippen LogP contribution >= 0.6 is 23.2 Å². The lowest BCUT2D eigenvalue weighted by Gasteiger charge is -2.16. The second-order valence-electron chi connectivity index (χ2n) is 5.51. The van der Waals surface area contributed by atoms with Crippen molar-refractivity contribution in [3.63, 3.8) is 0 Å². The lowest BCUT2D eigenvalue weighted by Crippen LogP contribution is -2.30. The van der Waals surface area contributed by atoms with Crippen LogP contribution in [0.1, 0.15) is 31.1 Å². The first-order valence-electron chi connectivity index (χ1n) is 7.14. The van der Waals surface area contributed by atoms with E-state index in [9.17, 15) is 0 Å². The van der Waals surface area contributed by atoms with Gasteiger partial charge in [0.25, 0.3) is 0 Å². The first kappa shape index (κ1) is 16.3. The molecular weight excluding hydrogens is 305 g/mol. The largest absolute Gasteiger partial charge is 0.316 e. The Kier molecular flexibility index (Phi) is 5.68. The van der Waals surface area contributed by atoms with Crippen molar-refractivity contribution in [2.45, 2.75) is 38.8 Å². The summed E-state index contributed by atoms with van der Waals surface area (Å²) >= 11 is 12.2. The third kappa shape index (κ3) is 4.47. The van der Waals surface area contributed by atoms with E-state index in [1.807, 2.05) is 30.1 Å². The summed E-state index contributed by atoms with van der Waals surface area (Å²) in [5.74, 6) is 0. The fourth-order valence-corrected chi connectivity index (χ4v) is 2.74. The molecule has 1 heterocycles. The number of rotatable bonds is 6. The second-order valence-corrected chi connectivity index (χ2v) is 6.35. The minimum Gasteiger partial charge on any atom is -0.316 e. The fraction of sp³-hybridized carbons (Fsp3) is 0.438. The Hall–Kier alpha value is -1.03. The van der Waals surface area contributed by atoms with E-state index in [1.165, 1.54) is 0 Å². The number of aromatic nitrogens is 2. The monoisotopic (exact) mass is 325 g/mol. The molecule has 0 aliphatic rings. The van der Waals surface area contributed by atoms with Crippen LogP contribution in [0, 0.1) is 0 Å². The molecule has 3 nitrogen and oxygen atoms in total. The summed E-state index contributed by atoms with van der Waals surface area (Å²) in [5.41, 5.74) is 2.19. The Morgan fingerprint density at radius 3 is 2.52 bits per heavy atom. The zero-order valence-corrected chi connectivity index (χ0v) is 14.1. The van der Waals surface area contributed by atoms with E-state index in [2.05, 4.69) is 30.3 Å². The maximum atomic E-state index is 6.25. The Balaban J connectivity index is 2.05. The van der Waals surface area contributed by atoms with Gasteiger partial charge in [0.1, 0.15) is 0 Å². The minimum absolute atomic E-state index is 0.291. The van der Waals surface area contributed by atoms with Gasteiger partial charge in [-0.05, 0) is 51.1 Å². The normalized spacial score (nSPS) is 12.9. The maximum Gasteiger partial charge on any atom is 0.0640 e. The molecule has 0 aliphatic heterocycles. The van der Waals surface area contributed by atoms with Crippen molar-refractivity contribution in [1.29, 1.82) is 0 Å². The van der Waals surface area contributed by atoms with Crippen LogP contribution in [0.3, 0.4) is 0 Å². The zero-order chi connectivity index (χ0) is 15.4. The summed E-state index contributed by atoms with van der Waals surface area (Å²) in [5, 5.41) is 9.32. The summed E-state index contributed by atoms with van der Waals surface area (Å²) in [4.78, 5) is 0. The van der Waals surface area contributed by atoms with Crippen molar-refractivity contribution in [2.75, 3.05) is 7.05 Å². The molecule has 2 rings (SSSR count). The van der Waals surface area contributed by atoms with E-state index in [-0.39, 0.29) is 0 Å². The topological polar surface area (TPSA) is 29.9 Å². The molecule has 0 saturated carbocycles. The third-order valence-corrected chi connectivity index (χ3v) is 4.12. The number of nitrogens with one attached hydrogen (secondary N) is 1. The summed E-state index contributed by atoms with van der Waals surface area (Å²) in [6.45, 7) is 4.25. The molecule has 1 N–H and O–H groups in total. The highest BCUT2D eigenvalue weighted by Gasteiger charge is 2.13. The van der Waals surface area contributed by atoms with Crippen LogP contribution in [0.25, 0.3) is 0 Å². The molecule has 21 heavy (non-hydrogen) atoms. The molecule has 1 unspecified atom stereocenters. The second kappa shape index (κ2) is 7.30. The van der Waals surface area contributed by atoms with Gasteiger partial charge in [-0.15, -0.1) is 0 Å². The van der Waals surface area contributed by atoms with E-state index in [4.69, 9.17) is 23.2 Å². The molecular formula is C16H21Cl2N3. The first-order valence-corrected chi connectivity index (χ1v) is 7.90. The van der Waals surface area contributed by atoms with E-state index in [1.54, 1.807) is 6.07 Å². The molecule has 1 aromatic heterocycles. The van der Waals surface area contributed by atoms with Gasteiger partial charge in [0.15, 0.2) is 0 Å². The zero-order valence-electron chi connectivity index (χ0n) is 12.6. The van der Waals surface area contributed by atoms with Crippen molar-refractivity contribution in [2.24, 2.45) is 0 Å². The van der Waals surface area contributed by atoms with E-state index in [0.29, 0.717) is 17.1 Å². The number of likely N-dealkylation sites (N-methyl/N-ethyl adjacent to an activating group) is 1. The highest BCUT2D eigenvalue weighted by molar-refractivity contribution is 6.35. The molecule has 0 spiro atoms. The molecule has 2 aromatic rings. The number of hydrogen-bond acceptors (Lipinski definition) is 2. The quantitative estimate of drug-likeness (QED) is 0.864. The van der Waals surface area contributed by atoms with E-state index in [0.717, 1.165) is 29.1 Å². The van der Waals surface area contributed by atoms with Gasteiger partial charge in [-0.2, -0.15) is 5.10 Å². The van der Waals surface area contributed by atoms with Crippen LogP contribution < -0.4 is 5.32 Å². The molecule has 0 fully saturated rings. The predicted octanol–water partition coefficient (Wildman–Crippen LogP) is 4.14. The van der Waals surface area contributed by atoms with E-state index >= 15 is 0 Å². The van der Waals surface area contributed by atoms with Crippen LogP contribution in [-0.4, -0.2) is 22.9 Å². The Bertz CT molecular complexity index is 593. The van der Waals surface area contributed by atoms with Gasteiger partial charge < -0.3 is 5.32 Å². The molecule has 0 amide bonds. The van der Waals surface area contributed by atoms with Crippen LogP contribution in [0.15, 0.2) is 30.5 Å². The molecule has 0 radical (unpaired) electrons. The minimum atomic E-state index is 0.291. The van der Waals surface area contributed by atoms with Gasteiger partial charge in [-0.3, -0.25) is 4.68 Å². The average Bonchev–Trinajstić information content (AvgIpc) is 2.89. The molecule has 0 bridgehead atoms. The van der Waals surface area contributed by atoms with Gasteiger partial charge in [0.05, 0.1) is 5.69 Å². The molecule has 1 atom stereocenters. The van der Waals surface area contributed by atoms with Gasteiger partial charge in [0.2, 0.25) is 0 Å². The summed E-state index contributed by atoms with van der Waals surface area (Å²) in [6, 6.07) is 8.41. The SMILES string of the molecule is CNC(Cc1ccn(C(C)C)n1)Cc1ccc(Cl)cc1Cl. The van der Waals surface area contributed by atoms with Gasteiger partial charge >= 0.3 is 0 Å². The number of benzene rings is 1. The Labute approximate surface area is 136 Å². The first-order chi connectivity index (χ1) is 9.99. The maximum absolute atomic E-state index is 6.25. The van der Waals surface area contributed by atoms with Gasteiger partial charge in [-0.25, -0.2) is 0 Å². The standard InChI is InChI=1S/C16H21Cl2N3/c1-11(2)21-7-6-14(20-21)10-15(19-3)8-12-4-5-13(17)9-16(12)18/h4-7,9,11,15,19H,8,10H2,1-3H3. The summed E-state index contributed by atoms with van der Waals surface area (Å²) < 4.78 is 1.98. The molecule has 114 valence electrons.